The van der Waals surface area contributed by atoms with Crippen molar-refractivity contribution in [2.24, 2.45) is 0 Å². The Morgan fingerprint density at radius 1 is 1.40 bits per heavy atom. The molecule has 0 unspecified atom stereocenters. The van der Waals surface area contributed by atoms with Crippen molar-refractivity contribution in [3.8, 4) is 5.75 Å². The van der Waals surface area contributed by atoms with Crippen molar-refractivity contribution >= 4 is 4.61 Å². The molecule has 0 saturated carbocycles. The monoisotopic (exact) mass is 222 g/mol. The van der Waals surface area contributed by atoms with Crippen molar-refractivity contribution in [1.29, 1.82) is 0 Å². The van der Waals surface area contributed by atoms with Crippen LogP contribution in [0.2, 0.25) is 0 Å². The van der Waals surface area contributed by atoms with Gasteiger partial charge in [0.05, 0.1) is 0 Å². The minimum absolute atomic E-state index is 0.918. The zero-order valence-corrected chi connectivity index (χ0v) is 7.39. The molecule has 0 bridgehead atoms. The summed E-state index contributed by atoms with van der Waals surface area (Å²) < 4.78 is 7.05. The van der Waals surface area contributed by atoms with Gasteiger partial charge in [-0.2, -0.15) is 0 Å². The summed E-state index contributed by atoms with van der Waals surface area (Å²) in [6.45, 7) is 0. The Kier molecular flexibility index (Phi) is 2.76. The molecule has 54 valence electrons. The Labute approximate surface area is 70.2 Å². The molecule has 2 heteroatoms. The van der Waals surface area contributed by atoms with Crippen molar-refractivity contribution in [2.75, 3.05) is 7.11 Å². The molecule has 0 aliphatic carbocycles. The predicted octanol–water partition coefficient (Wildman–Crippen LogP) is 1.39. The molecule has 10 heavy (non-hydrogen) atoms. The van der Waals surface area contributed by atoms with Crippen LogP contribution in [-0.4, -0.2) is 11.7 Å². The normalized spacial score (nSPS) is 9.00. The second-order valence-corrected chi connectivity index (χ2v) is 2.35. The van der Waals surface area contributed by atoms with E-state index in [0.29, 0.717) is 0 Å². The zero-order valence-electron chi connectivity index (χ0n) is 5.65. The van der Waals surface area contributed by atoms with Crippen LogP contribution in [0.15, 0.2) is 24.3 Å². The molecule has 1 nitrogen and oxygen atoms in total. The third-order valence-corrected chi connectivity index (χ3v) is 1.79. The van der Waals surface area contributed by atoms with E-state index in [0.717, 1.165) is 11.3 Å². The fraction of sp³-hybridized carbons (Fsp3) is 0.125. The number of methoxy groups -OCH3 is 1. The quantitative estimate of drug-likeness (QED) is 0.686. The van der Waals surface area contributed by atoms with E-state index in [1.807, 2.05) is 28.9 Å². The van der Waals surface area contributed by atoms with Crippen molar-refractivity contribution in [3.63, 3.8) is 0 Å². The molecule has 1 aromatic carbocycles. The van der Waals surface area contributed by atoms with E-state index in [4.69, 9.17) is 4.74 Å². The molecule has 0 aliphatic heterocycles. The van der Waals surface area contributed by atoms with Gasteiger partial charge < -0.3 is 0 Å². The Hall–Kier alpha value is -0.487. The van der Waals surface area contributed by atoms with Gasteiger partial charge in [0.15, 0.2) is 0 Å². The molecule has 0 amide bonds. The second-order valence-electron chi connectivity index (χ2n) is 1.84. The maximum atomic E-state index is 5.09. The topological polar surface area (TPSA) is 9.23 Å². The van der Waals surface area contributed by atoms with Crippen LogP contribution < -0.4 is 4.74 Å². The Balaban J connectivity index is 3.08. The Morgan fingerprint density at radius 3 is 2.60 bits per heavy atom. The van der Waals surface area contributed by atoms with Gasteiger partial charge in [-0.25, -0.2) is 0 Å². The molecule has 1 aromatic rings. The van der Waals surface area contributed by atoms with Gasteiger partial charge in [0.1, 0.15) is 0 Å². The second kappa shape index (κ2) is 3.63. The van der Waals surface area contributed by atoms with Crippen LogP contribution in [0.25, 0.3) is 0 Å². The van der Waals surface area contributed by atoms with Gasteiger partial charge in [-0.1, -0.05) is 0 Å². The van der Waals surface area contributed by atoms with E-state index in [9.17, 15) is 0 Å². The molecule has 0 N–H and O–H groups in total. The third kappa shape index (κ3) is 1.51. The predicted molar refractivity (Wildman–Crippen MR) is 38.2 cm³/mol. The van der Waals surface area contributed by atoms with E-state index in [1.54, 1.807) is 7.11 Å². The molecule has 0 spiro atoms. The van der Waals surface area contributed by atoms with Gasteiger partial charge in [-0.15, -0.1) is 0 Å². The first-order chi connectivity index (χ1) is 4.88. The first-order valence-electron chi connectivity index (χ1n) is 2.93. The van der Waals surface area contributed by atoms with Gasteiger partial charge in [-0.3, -0.25) is 0 Å². The van der Waals surface area contributed by atoms with Crippen LogP contribution >= 0.6 is 0 Å². The maximum absolute atomic E-state index is 5.09. The molecule has 0 aliphatic rings. The minimum atomic E-state index is 0.918. The fourth-order valence-corrected chi connectivity index (χ4v) is 1.17. The SMILES string of the molecule is COc1ccccc1[CH]=[Ru]. The van der Waals surface area contributed by atoms with Crippen molar-refractivity contribution in [3.05, 3.63) is 29.8 Å². The van der Waals surface area contributed by atoms with Gasteiger partial charge in [0.25, 0.3) is 0 Å². The van der Waals surface area contributed by atoms with Gasteiger partial charge >= 0.3 is 69.9 Å². The summed E-state index contributed by atoms with van der Waals surface area (Å²) in [5.41, 5.74) is 1.11. The van der Waals surface area contributed by atoms with Crippen LogP contribution in [0.5, 0.6) is 5.75 Å². The van der Waals surface area contributed by atoms with Crippen LogP contribution in [0.4, 0.5) is 0 Å². The summed E-state index contributed by atoms with van der Waals surface area (Å²) in [6.07, 6.45) is 0. The fourth-order valence-electron chi connectivity index (χ4n) is 0.751. The molecular weight excluding hydrogens is 213 g/mol. The first kappa shape index (κ1) is 7.62. The molecule has 0 heterocycles. The molecule has 0 radical (unpaired) electrons. The number of hydrogen-bond acceptors (Lipinski definition) is 1. The van der Waals surface area contributed by atoms with Crippen LogP contribution in [0.1, 0.15) is 5.56 Å². The number of hydrogen-bond donors (Lipinski definition) is 0. The Morgan fingerprint density at radius 2 is 2.10 bits per heavy atom. The Bertz CT molecular complexity index is 232. The van der Waals surface area contributed by atoms with E-state index in [-0.39, 0.29) is 0 Å². The number of benzene rings is 1. The molecule has 0 fully saturated rings. The third-order valence-electron chi connectivity index (χ3n) is 1.25. The van der Waals surface area contributed by atoms with Gasteiger partial charge in [0.2, 0.25) is 0 Å². The van der Waals surface area contributed by atoms with Crippen LogP contribution in [-0.2, 0) is 17.9 Å². The van der Waals surface area contributed by atoms with Crippen molar-refractivity contribution < 1.29 is 22.6 Å². The molecule has 1 rings (SSSR count). The summed E-state index contributed by atoms with van der Waals surface area (Å²) >= 11 is 2.46. The van der Waals surface area contributed by atoms with Crippen molar-refractivity contribution in [2.45, 2.75) is 0 Å². The molecular formula is C8H8ORu. The molecule has 0 aromatic heterocycles. The number of para-hydroxylation sites is 1. The number of rotatable bonds is 2. The molecule has 0 atom stereocenters. The standard InChI is InChI=1S/C8H8O.Ru/c1-7-5-3-4-6-8(7)9-2;/h1,3-6H,2H3;. The number of ether oxygens (including phenoxy) is 1. The summed E-state index contributed by atoms with van der Waals surface area (Å²) in [4.78, 5) is 0. The van der Waals surface area contributed by atoms with Crippen molar-refractivity contribution in [1.82, 2.24) is 0 Å². The van der Waals surface area contributed by atoms with E-state index in [2.05, 4.69) is 17.9 Å². The summed E-state index contributed by atoms with van der Waals surface area (Å²) in [7, 11) is 1.68. The average molecular weight is 221 g/mol. The van der Waals surface area contributed by atoms with Crippen LogP contribution in [0.3, 0.4) is 0 Å². The summed E-state index contributed by atoms with van der Waals surface area (Å²) in [6, 6.07) is 7.89. The average Bonchev–Trinajstić information content (AvgIpc) is 2.04. The van der Waals surface area contributed by atoms with Gasteiger partial charge in [0, 0.05) is 0 Å². The zero-order chi connectivity index (χ0) is 7.40. The first-order valence-corrected chi connectivity index (χ1v) is 3.94. The van der Waals surface area contributed by atoms with E-state index in [1.165, 1.54) is 0 Å². The van der Waals surface area contributed by atoms with Gasteiger partial charge in [-0.05, 0) is 0 Å². The summed E-state index contributed by atoms with van der Waals surface area (Å²) in [5.74, 6) is 0.918. The van der Waals surface area contributed by atoms with Crippen LogP contribution in [0, 0.1) is 0 Å². The summed E-state index contributed by atoms with van der Waals surface area (Å²) in [5, 5.41) is 0. The van der Waals surface area contributed by atoms with E-state index < -0.39 is 0 Å². The molecule has 0 saturated heterocycles. The van der Waals surface area contributed by atoms with E-state index >= 15 is 0 Å².